The highest BCUT2D eigenvalue weighted by atomic mass is 35.5. The highest BCUT2D eigenvalue weighted by Gasteiger charge is 2.29. The van der Waals surface area contributed by atoms with Crippen LogP contribution in [-0.2, 0) is 26.5 Å². The van der Waals surface area contributed by atoms with E-state index in [2.05, 4.69) is 4.72 Å². The summed E-state index contributed by atoms with van der Waals surface area (Å²) in [5.41, 5.74) is 3.94. The molecule has 6 nitrogen and oxygen atoms in total. The van der Waals surface area contributed by atoms with Crippen LogP contribution in [0.4, 0.5) is 11.4 Å². The molecule has 0 fully saturated rings. The van der Waals surface area contributed by atoms with E-state index in [0.29, 0.717) is 46.9 Å². The van der Waals surface area contributed by atoms with Crippen molar-refractivity contribution in [2.75, 3.05) is 15.6 Å². The highest BCUT2D eigenvalue weighted by molar-refractivity contribution is 7.93. The van der Waals surface area contributed by atoms with E-state index in [9.17, 15) is 16.8 Å². The molecule has 0 atom stereocenters. The molecule has 3 aromatic rings. The van der Waals surface area contributed by atoms with E-state index < -0.39 is 20.0 Å². The van der Waals surface area contributed by atoms with Crippen molar-refractivity contribution in [3.8, 4) is 0 Å². The van der Waals surface area contributed by atoms with Gasteiger partial charge in [-0.15, -0.1) is 0 Å². The predicted octanol–water partition coefficient (Wildman–Crippen LogP) is 5.21. The maximum atomic E-state index is 13.3. The first kappa shape index (κ1) is 23.6. The Kier molecular flexibility index (Phi) is 6.20. The van der Waals surface area contributed by atoms with Crippen LogP contribution in [0.1, 0.15) is 28.7 Å². The molecule has 1 N–H and O–H groups in total. The smallest absolute Gasteiger partial charge is 0.264 e. The van der Waals surface area contributed by atoms with Gasteiger partial charge in [-0.3, -0.25) is 9.03 Å². The zero-order chi connectivity index (χ0) is 24.0. The maximum absolute atomic E-state index is 13.3. The summed E-state index contributed by atoms with van der Waals surface area (Å²) in [6, 6.07) is 14.9. The van der Waals surface area contributed by atoms with Crippen LogP contribution in [0, 0.1) is 20.8 Å². The van der Waals surface area contributed by atoms with Crippen molar-refractivity contribution in [3.05, 3.63) is 81.9 Å². The van der Waals surface area contributed by atoms with E-state index in [1.54, 1.807) is 68.4 Å². The fraction of sp³-hybridized carbons (Fsp3) is 0.250. The zero-order valence-corrected chi connectivity index (χ0v) is 21.0. The quantitative estimate of drug-likeness (QED) is 0.517. The molecule has 0 bridgehead atoms. The fourth-order valence-electron chi connectivity index (χ4n) is 3.97. The standard InChI is InChI=1S/C24H25ClN2O4S2/c1-16-6-9-21(10-7-16)33(30,31)27-12-4-5-19-15-20(8-11-23(19)27)26-32(28,29)24-14-17(2)22(25)13-18(24)3/h6-11,13-15,26H,4-5,12H2,1-3H3. The molecule has 0 saturated carbocycles. The van der Waals surface area contributed by atoms with Crippen LogP contribution in [0.3, 0.4) is 0 Å². The lowest BCUT2D eigenvalue weighted by Crippen LogP contribution is -2.35. The molecule has 9 heteroatoms. The van der Waals surface area contributed by atoms with E-state index in [1.165, 1.54) is 4.31 Å². The minimum absolute atomic E-state index is 0.158. The molecule has 33 heavy (non-hydrogen) atoms. The molecule has 1 aliphatic heterocycles. The Hall–Kier alpha value is -2.55. The van der Waals surface area contributed by atoms with Gasteiger partial charge >= 0.3 is 0 Å². The first-order chi connectivity index (χ1) is 15.5. The van der Waals surface area contributed by atoms with E-state index in [1.807, 2.05) is 6.92 Å². The lowest BCUT2D eigenvalue weighted by Gasteiger charge is -2.31. The number of rotatable bonds is 5. The van der Waals surface area contributed by atoms with E-state index >= 15 is 0 Å². The molecule has 0 aromatic heterocycles. The van der Waals surface area contributed by atoms with Crippen LogP contribution >= 0.6 is 11.6 Å². The lowest BCUT2D eigenvalue weighted by atomic mass is 10.0. The van der Waals surface area contributed by atoms with Gasteiger partial charge in [0.1, 0.15) is 0 Å². The van der Waals surface area contributed by atoms with Crippen LogP contribution in [0.15, 0.2) is 64.4 Å². The maximum Gasteiger partial charge on any atom is 0.264 e. The molecule has 174 valence electrons. The SMILES string of the molecule is Cc1ccc(S(=O)(=O)N2CCCc3cc(NS(=O)(=O)c4cc(C)c(Cl)cc4C)ccc32)cc1. The number of benzene rings is 3. The average molecular weight is 505 g/mol. The van der Waals surface area contributed by atoms with E-state index in [-0.39, 0.29) is 9.79 Å². The summed E-state index contributed by atoms with van der Waals surface area (Å²) in [5, 5.41) is 0.509. The van der Waals surface area contributed by atoms with Gasteiger partial charge in [-0.25, -0.2) is 16.8 Å². The second-order valence-corrected chi connectivity index (χ2v) is 12.2. The van der Waals surface area contributed by atoms with Gasteiger partial charge in [0, 0.05) is 17.3 Å². The van der Waals surface area contributed by atoms with Crippen LogP contribution in [0.25, 0.3) is 0 Å². The normalized spacial score (nSPS) is 14.1. The number of fused-ring (bicyclic) bond motifs is 1. The van der Waals surface area contributed by atoms with Gasteiger partial charge in [0.15, 0.2) is 0 Å². The third-order valence-electron chi connectivity index (χ3n) is 5.76. The van der Waals surface area contributed by atoms with Crippen molar-refractivity contribution in [1.82, 2.24) is 0 Å². The van der Waals surface area contributed by atoms with Crippen molar-refractivity contribution < 1.29 is 16.8 Å². The number of hydrogen-bond acceptors (Lipinski definition) is 4. The van der Waals surface area contributed by atoms with Gasteiger partial charge < -0.3 is 0 Å². The van der Waals surface area contributed by atoms with Crippen molar-refractivity contribution >= 4 is 43.0 Å². The molecule has 0 amide bonds. The molecule has 0 spiro atoms. The number of sulfonamides is 2. The van der Waals surface area contributed by atoms with Crippen molar-refractivity contribution in [2.45, 2.75) is 43.4 Å². The number of nitrogens with one attached hydrogen (secondary N) is 1. The molecule has 0 unspecified atom stereocenters. The van der Waals surface area contributed by atoms with E-state index in [0.717, 1.165) is 11.1 Å². The van der Waals surface area contributed by atoms with Gasteiger partial charge in [0.25, 0.3) is 20.0 Å². The molecule has 0 aliphatic carbocycles. The molecular formula is C24H25ClN2O4S2. The summed E-state index contributed by atoms with van der Waals surface area (Å²) in [6.45, 7) is 5.73. The number of anilines is 2. The molecule has 1 heterocycles. The Balaban J connectivity index is 1.66. The molecule has 0 radical (unpaired) electrons. The third kappa shape index (κ3) is 4.60. The van der Waals surface area contributed by atoms with Gasteiger partial charge in [-0.05, 0) is 92.8 Å². The van der Waals surface area contributed by atoms with Crippen LogP contribution in [-0.4, -0.2) is 23.4 Å². The molecule has 1 aliphatic rings. The van der Waals surface area contributed by atoms with E-state index in [4.69, 9.17) is 11.6 Å². The van der Waals surface area contributed by atoms with Crippen molar-refractivity contribution in [3.63, 3.8) is 0 Å². The van der Waals surface area contributed by atoms with Gasteiger partial charge in [-0.1, -0.05) is 29.3 Å². The van der Waals surface area contributed by atoms with Crippen LogP contribution in [0.2, 0.25) is 5.02 Å². The minimum atomic E-state index is -3.84. The minimum Gasteiger partial charge on any atom is -0.280 e. The lowest BCUT2D eigenvalue weighted by molar-refractivity contribution is 0.586. The monoisotopic (exact) mass is 504 g/mol. The topological polar surface area (TPSA) is 83.6 Å². The summed E-state index contributed by atoms with van der Waals surface area (Å²) >= 11 is 6.11. The fourth-order valence-corrected chi connectivity index (χ4v) is 7.09. The Morgan fingerprint density at radius 1 is 0.879 bits per heavy atom. The molecule has 3 aromatic carbocycles. The van der Waals surface area contributed by atoms with Crippen molar-refractivity contribution in [2.24, 2.45) is 0 Å². The molecule has 4 rings (SSSR count). The number of halogens is 1. The Morgan fingerprint density at radius 3 is 2.27 bits per heavy atom. The number of hydrogen-bond donors (Lipinski definition) is 1. The largest absolute Gasteiger partial charge is 0.280 e. The van der Waals surface area contributed by atoms with Crippen LogP contribution < -0.4 is 9.03 Å². The molecular weight excluding hydrogens is 480 g/mol. The average Bonchev–Trinajstić information content (AvgIpc) is 2.75. The Morgan fingerprint density at radius 2 is 1.58 bits per heavy atom. The predicted molar refractivity (Wildman–Crippen MR) is 132 cm³/mol. The summed E-state index contributed by atoms with van der Waals surface area (Å²) in [6.07, 6.45) is 1.30. The molecule has 0 saturated heterocycles. The van der Waals surface area contributed by atoms with Gasteiger partial charge in [0.2, 0.25) is 0 Å². The summed E-state index contributed by atoms with van der Waals surface area (Å²) < 4.78 is 56.6. The summed E-state index contributed by atoms with van der Waals surface area (Å²) in [5.74, 6) is 0. The first-order valence-electron chi connectivity index (χ1n) is 10.5. The first-order valence-corrected chi connectivity index (χ1v) is 13.8. The highest BCUT2D eigenvalue weighted by Crippen LogP contribution is 2.34. The number of aryl methyl sites for hydroxylation is 4. The zero-order valence-electron chi connectivity index (χ0n) is 18.6. The van der Waals surface area contributed by atoms with Gasteiger partial charge in [0.05, 0.1) is 15.5 Å². The number of nitrogens with zero attached hydrogens (tertiary/aromatic N) is 1. The van der Waals surface area contributed by atoms with Crippen LogP contribution in [0.5, 0.6) is 0 Å². The second kappa shape index (κ2) is 8.66. The Labute approximate surface area is 200 Å². The second-order valence-electron chi connectivity index (χ2n) is 8.31. The Bertz CT molecular complexity index is 1430. The third-order valence-corrected chi connectivity index (χ3v) is 9.52. The van der Waals surface area contributed by atoms with Crippen molar-refractivity contribution in [1.29, 1.82) is 0 Å². The summed E-state index contributed by atoms with van der Waals surface area (Å²) in [4.78, 5) is 0.394. The summed E-state index contributed by atoms with van der Waals surface area (Å²) in [7, 11) is -7.55. The van der Waals surface area contributed by atoms with Gasteiger partial charge in [-0.2, -0.15) is 0 Å².